The predicted molar refractivity (Wildman–Crippen MR) is 87.7 cm³/mol. The van der Waals surface area contributed by atoms with Gasteiger partial charge in [-0.25, -0.2) is 0 Å². The molecule has 0 fully saturated rings. The highest BCUT2D eigenvalue weighted by Crippen LogP contribution is 2.18. The van der Waals surface area contributed by atoms with E-state index in [-0.39, 0.29) is 5.78 Å². The molecule has 0 amide bonds. The lowest BCUT2D eigenvalue weighted by Crippen LogP contribution is -2.46. The molecule has 0 bridgehead atoms. The molecule has 116 valence electrons. The van der Waals surface area contributed by atoms with Crippen LogP contribution in [0.2, 0.25) is 0 Å². The largest absolute Gasteiger partial charge is 0.364 e. The summed E-state index contributed by atoms with van der Waals surface area (Å²) in [5.74, 6) is 0.501. The van der Waals surface area contributed by atoms with Crippen molar-refractivity contribution in [3.8, 4) is 0 Å². The number of aryl methyl sites for hydroxylation is 1. The molecule has 0 saturated carbocycles. The number of Topliss-reactive ketones (excluding diaryl/α,β-unsaturated/α-hetero) is 1. The van der Waals surface area contributed by atoms with Crippen LogP contribution >= 0.6 is 0 Å². The SMILES string of the molecule is NC(=[NH2+])c1ccc2cc(CC(=O)CCc3cnoc3)ccc2c1. The van der Waals surface area contributed by atoms with Gasteiger partial charge in [0.15, 0.2) is 0 Å². The van der Waals surface area contributed by atoms with Crippen molar-refractivity contribution in [2.45, 2.75) is 19.3 Å². The number of fused-ring (bicyclic) bond motifs is 1. The third kappa shape index (κ3) is 3.63. The first-order valence-electron chi connectivity index (χ1n) is 7.43. The van der Waals surface area contributed by atoms with Crippen LogP contribution in [0, 0.1) is 0 Å². The van der Waals surface area contributed by atoms with Crippen LogP contribution < -0.4 is 11.1 Å². The Balaban J connectivity index is 1.69. The maximum Gasteiger partial charge on any atom is 0.270 e. The van der Waals surface area contributed by atoms with E-state index >= 15 is 0 Å². The van der Waals surface area contributed by atoms with Crippen molar-refractivity contribution in [2.24, 2.45) is 5.73 Å². The van der Waals surface area contributed by atoms with E-state index in [1.165, 1.54) is 0 Å². The molecular weight excluding hydrogens is 290 g/mol. The Morgan fingerprint density at radius 3 is 2.65 bits per heavy atom. The number of aromatic nitrogens is 1. The van der Waals surface area contributed by atoms with Crippen molar-refractivity contribution in [3.05, 3.63) is 65.5 Å². The van der Waals surface area contributed by atoms with Crippen LogP contribution in [0.5, 0.6) is 0 Å². The highest BCUT2D eigenvalue weighted by atomic mass is 16.5. The number of hydrogen-bond acceptors (Lipinski definition) is 3. The first kappa shape index (κ1) is 15.0. The molecule has 4 N–H and O–H groups in total. The smallest absolute Gasteiger partial charge is 0.270 e. The Kier molecular flexibility index (Phi) is 4.19. The van der Waals surface area contributed by atoms with Gasteiger partial charge in [0.25, 0.3) is 5.84 Å². The zero-order valence-electron chi connectivity index (χ0n) is 12.7. The summed E-state index contributed by atoms with van der Waals surface area (Å²) >= 11 is 0. The van der Waals surface area contributed by atoms with Crippen molar-refractivity contribution < 1.29 is 14.7 Å². The second-order valence-electron chi connectivity index (χ2n) is 5.60. The molecular formula is C18H18N3O2+. The van der Waals surface area contributed by atoms with Crippen LogP contribution in [-0.2, 0) is 17.6 Å². The molecule has 5 heteroatoms. The van der Waals surface area contributed by atoms with Gasteiger partial charge in [-0.15, -0.1) is 0 Å². The second-order valence-corrected chi connectivity index (χ2v) is 5.60. The van der Waals surface area contributed by atoms with Gasteiger partial charge in [0.2, 0.25) is 0 Å². The number of benzene rings is 2. The van der Waals surface area contributed by atoms with Crippen LogP contribution in [0.1, 0.15) is 23.1 Å². The molecule has 3 aromatic rings. The molecule has 0 aliphatic rings. The highest BCUT2D eigenvalue weighted by Gasteiger charge is 2.08. The summed E-state index contributed by atoms with van der Waals surface area (Å²) in [4.78, 5) is 12.1. The van der Waals surface area contributed by atoms with Crippen LogP contribution in [-0.4, -0.2) is 16.8 Å². The summed E-state index contributed by atoms with van der Waals surface area (Å²) in [6, 6.07) is 11.8. The topological polar surface area (TPSA) is 94.7 Å². The predicted octanol–water partition coefficient (Wildman–Crippen LogP) is 1.04. The van der Waals surface area contributed by atoms with E-state index in [1.54, 1.807) is 12.5 Å². The number of amidine groups is 1. The molecule has 0 spiro atoms. The number of rotatable bonds is 6. The first-order chi connectivity index (χ1) is 11.1. The summed E-state index contributed by atoms with van der Waals surface area (Å²) < 4.78 is 4.76. The molecule has 23 heavy (non-hydrogen) atoms. The number of hydrogen-bond donors (Lipinski definition) is 2. The lowest BCUT2D eigenvalue weighted by atomic mass is 9.99. The van der Waals surface area contributed by atoms with Crippen LogP contribution in [0.15, 0.2) is 53.4 Å². The average molecular weight is 308 g/mol. The quantitative estimate of drug-likeness (QED) is 0.525. The monoisotopic (exact) mass is 308 g/mol. The van der Waals surface area contributed by atoms with Crippen molar-refractivity contribution >= 4 is 22.4 Å². The lowest BCUT2D eigenvalue weighted by molar-refractivity contribution is -0.118. The highest BCUT2D eigenvalue weighted by molar-refractivity contribution is 5.97. The molecule has 5 nitrogen and oxygen atoms in total. The minimum atomic E-state index is 0.196. The first-order valence-corrected chi connectivity index (χ1v) is 7.43. The van der Waals surface area contributed by atoms with Gasteiger partial charge in [0, 0.05) is 18.4 Å². The van der Waals surface area contributed by atoms with Gasteiger partial charge < -0.3 is 4.52 Å². The Morgan fingerprint density at radius 2 is 1.91 bits per heavy atom. The molecule has 2 aromatic carbocycles. The molecule has 1 heterocycles. The lowest BCUT2D eigenvalue weighted by Gasteiger charge is -2.04. The standard InChI is InChI=1S/C18H17N3O2/c19-18(20)16-5-4-14-7-12(1-3-15(14)9-16)8-17(22)6-2-13-10-21-23-11-13/h1,3-5,7,9-11H,2,6,8H2,(H3,19,20)/p+1. The van der Waals surface area contributed by atoms with Gasteiger partial charge in [0.05, 0.1) is 11.8 Å². The van der Waals surface area contributed by atoms with E-state index in [9.17, 15) is 4.79 Å². The third-order valence-electron chi connectivity index (χ3n) is 3.82. The van der Waals surface area contributed by atoms with Gasteiger partial charge in [-0.2, -0.15) is 0 Å². The van der Waals surface area contributed by atoms with E-state index in [0.717, 1.165) is 27.5 Å². The summed E-state index contributed by atoms with van der Waals surface area (Å²) in [5.41, 5.74) is 8.38. The summed E-state index contributed by atoms with van der Waals surface area (Å²) in [7, 11) is 0. The van der Waals surface area contributed by atoms with Gasteiger partial charge in [-0.3, -0.25) is 15.9 Å². The van der Waals surface area contributed by atoms with E-state index in [1.807, 2.05) is 36.4 Å². The number of ketones is 1. The van der Waals surface area contributed by atoms with Gasteiger partial charge in [0.1, 0.15) is 12.0 Å². The maximum absolute atomic E-state index is 12.1. The number of nitrogens with zero attached hydrogens (tertiary/aromatic N) is 1. The van der Waals surface area contributed by atoms with Crippen LogP contribution in [0.4, 0.5) is 0 Å². The molecule has 0 aliphatic carbocycles. The van der Waals surface area contributed by atoms with Gasteiger partial charge >= 0.3 is 0 Å². The van der Waals surface area contributed by atoms with Crippen molar-refractivity contribution in [2.75, 3.05) is 0 Å². The normalized spacial score (nSPS) is 10.8. The van der Waals surface area contributed by atoms with E-state index in [0.29, 0.717) is 25.1 Å². The van der Waals surface area contributed by atoms with Gasteiger partial charge in [-0.1, -0.05) is 29.4 Å². The summed E-state index contributed by atoms with van der Waals surface area (Å²) in [5, 5.41) is 11.4. The fourth-order valence-electron chi connectivity index (χ4n) is 2.53. The molecule has 0 saturated heterocycles. The molecule has 0 atom stereocenters. The van der Waals surface area contributed by atoms with Crippen LogP contribution in [0.25, 0.3) is 10.8 Å². The fraction of sp³-hybridized carbons (Fsp3) is 0.167. The van der Waals surface area contributed by atoms with E-state index < -0.39 is 0 Å². The summed E-state index contributed by atoms with van der Waals surface area (Å²) in [6.45, 7) is 0. The average Bonchev–Trinajstić information content (AvgIpc) is 3.06. The number of carbonyl (C=O) groups excluding carboxylic acids is 1. The van der Waals surface area contributed by atoms with Crippen molar-refractivity contribution in [3.63, 3.8) is 0 Å². The Labute approximate surface area is 133 Å². The van der Waals surface area contributed by atoms with Gasteiger partial charge in [-0.05, 0) is 34.9 Å². The fourth-order valence-corrected chi connectivity index (χ4v) is 2.53. The Bertz CT molecular complexity index is 854. The minimum Gasteiger partial charge on any atom is -0.364 e. The molecule has 1 aromatic heterocycles. The third-order valence-corrected chi connectivity index (χ3v) is 3.82. The number of nitrogens with two attached hydrogens (primary N) is 2. The van der Waals surface area contributed by atoms with Crippen LogP contribution in [0.3, 0.4) is 0 Å². The number of carbonyl (C=O) groups is 1. The zero-order chi connectivity index (χ0) is 16.2. The summed E-state index contributed by atoms with van der Waals surface area (Å²) in [6.07, 6.45) is 4.78. The Hall–Kier alpha value is -2.95. The van der Waals surface area contributed by atoms with E-state index in [4.69, 9.17) is 15.7 Å². The van der Waals surface area contributed by atoms with Crippen molar-refractivity contribution in [1.29, 1.82) is 0 Å². The Morgan fingerprint density at radius 1 is 1.13 bits per heavy atom. The molecule has 3 rings (SSSR count). The zero-order valence-corrected chi connectivity index (χ0v) is 12.7. The van der Waals surface area contributed by atoms with Crippen molar-refractivity contribution in [1.82, 2.24) is 5.16 Å². The second kappa shape index (κ2) is 6.44. The molecule has 0 unspecified atom stereocenters. The minimum absolute atomic E-state index is 0.196. The maximum atomic E-state index is 12.1. The molecule has 0 aliphatic heterocycles. The molecule has 0 radical (unpaired) electrons. The van der Waals surface area contributed by atoms with E-state index in [2.05, 4.69) is 5.16 Å².